The van der Waals surface area contributed by atoms with E-state index in [4.69, 9.17) is 41.9 Å². The van der Waals surface area contributed by atoms with Gasteiger partial charge in [0.2, 0.25) is 0 Å². The van der Waals surface area contributed by atoms with E-state index in [0.29, 0.717) is 39.0 Å². The fraction of sp³-hybridized carbons (Fsp3) is 0.167. The van der Waals surface area contributed by atoms with Crippen LogP contribution in [0.3, 0.4) is 0 Å². The van der Waals surface area contributed by atoms with Crippen molar-refractivity contribution in [2.75, 3.05) is 6.61 Å². The van der Waals surface area contributed by atoms with Crippen molar-refractivity contribution in [1.29, 1.82) is 0 Å². The Bertz CT molecular complexity index is 928. The molecule has 1 heterocycles. The minimum absolute atomic E-state index is 0.150. The van der Waals surface area contributed by atoms with Crippen molar-refractivity contribution < 1.29 is 23.5 Å². The van der Waals surface area contributed by atoms with Gasteiger partial charge in [-0.3, -0.25) is 0 Å². The van der Waals surface area contributed by atoms with E-state index >= 15 is 0 Å². The van der Waals surface area contributed by atoms with Crippen LogP contribution < -0.4 is 14.2 Å². The van der Waals surface area contributed by atoms with E-state index in [2.05, 4.69) is 10.1 Å². The van der Waals surface area contributed by atoms with E-state index in [-0.39, 0.29) is 13.2 Å². The van der Waals surface area contributed by atoms with Crippen LogP contribution >= 0.6 is 23.2 Å². The Hall–Kier alpha value is -2.77. The first-order valence-electron chi connectivity index (χ1n) is 7.80. The molecule has 0 aliphatic heterocycles. The number of esters is 1. The Morgan fingerprint density at radius 1 is 1.00 bits per heavy atom. The van der Waals surface area contributed by atoms with Gasteiger partial charge in [0, 0.05) is 6.07 Å². The molecular formula is C18H14Cl2N2O5. The van der Waals surface area contributed by atoms with Crippen molar-refractivity contribution in [3.8, 4) is 17.2 Å². The van der Waals surface area contributed by atoms with Gasteiger partial charge in [-0.15, -0.1) is 0 Å². The largest absolute Gasteiger partial charge is 0.484 e. The third kappa shape index (κ3) is 5.60. The minimum Gasteiger partial charge on any atom is -0.484 e. The molecule has 140 valence electrons. The maximum Gasteiger partial charge on any atom is 0.349 e. The number of halogens is 2. The number of ether oxygens (including phenoxy) is 3. The van der Waals surface area contributed by atoms with Crippen molar-refractivity contribution in [3.63, 3.8) is 0 Å². The lowest BCUT2D eigenvalue weighted by molar-refractivity contribution is -0.136. The molecule has 0 bridgehead atoms. The average Bonchev–Trinajstić information content (AvgIpc) is 3.07. The van der Waals surface area contributed by atoms with E-state index in [9.17, 15) is 4.79 Å². The van der Waals surface area contributed by atoms with Crippen molar-refractivity contribution in [2.45, 2.75) is 13.5 Å². The van der Waals surface area contributed by atoms with Gasteiger partial charge in [-0.2, -0.15) is 4.98 Å². The second-order valence-corrected chi connectivity index (χ2v) is 6.15. The van der Waals surface area contributed by atoms with Crippen LogP contribution in [0.5, 0.6) is 17.2 Å². The number of carbonyl (C=O) groups excluding carboxylic acids is 1. The number of aromatic nitrogens is 2. The molecule has 0 aliphatic rings. The van der Waals surface area contributed by atoms with Crippen LogP contribution in [-0.4, -0.2) is 22.7 Å². The number of aryl methyl sites for hydroxylation is 1. The summed E-state index contributed by atoms with van der Waals surface area (Å²) >= 11 is 11.7. The van der Waals surface area contributed by atoms with E-state index in [1.54, 1.807) is 43.3 Å². The van der Waals surface area contributed by atoms with Gasteiger partial charge in [-0.1, -0.05) is 28.4 Å². The standard InChI is InChI=1S/C18H14Cl2N2O5/c1-11-21-17(27-22-11)9-24-12-2-4-13(5-3-12)26-18(23)10-25-14-6-7-15(19)16(20)8-14/h2-8H,9-10H2,1H3. The van der Waals surface area contributed by atoms with Crippen molar-refractivity contribution in [2.24, 2.45) is 0 Å². The summed E-state index contributed by atoms with van der Waals surface area (Å²) in [6.45, 7) is 1.60. The molecule has 9 heteroatoms. The predicted molar refractivity (Wildman–Crippen MR) is 97.4 cm³/mol. The second kappa shape index (κ2) is 8.75. The number of hydrogen-bond acceptors (Lipinski definition) is 7. The highest BCUT2D eigenvalue weighted by molar-refractivity contribution is 6.42. The second-order valence-electron chi connectivity index (χ2n) is 5.33. The van der Waals surface area contributed by atoms with Gasteiger partial charge in [-0.25, -0.2) is 4.79 Å². The Balaban J connectivity index is 1.47. The third-order valence-corrected chi connectivity index (χ3v) is 3.97. The molecule has 0 saturated carbocycles. The van der Waals surface area contributed by atoms with Crippen LogP contribution in [0.15, 0.2) is 47.0 Å². The number of nitrogens with zero attached hydrogens (tertiary/aromatic N) is 2. The smallest absolute Gasteiger partial charge is 0.349 e. The van der Waals surface area contributed by atoms with E-state index < -0.39 is 5.97 Å². The molecule has 3 rings (SSSR count). The normalized spacial score (nSPS) is 10.5. The summed E-state index contributed by atoms with van der Waals surface area (Å²) in [5, 5.41) is 4.42. The van der Waals surface area contributed by atoms with Gasteiger partial charge in [0.25, 0.3) is 5.89 Å². The van der Waals surface area contributed by atoms with E-state index in [1.807, 2.05) is 0 Å². The van der Waals surface area contributed by atoms with Crippen LogP contribution in [0.1, 0.15) is 11.7 Å². The Morgan fingerprint density at radius 3 is 2.37 bits per heavy atom. The quantitative estimate of drug-likeness (QED) is 0.426. The maximum absolute atomic E-state index is 11.9. The molecule has 3 aromatic rings. The first kappa shape index (κ1) is 19.0. The third-order valence-electron chi connectivity index (χ3n) is 3.24. The average molecular weight is 409 g/mol. The molecule has 0 radical (unpaired) electrons. The summed E-state index contributed by atoms with van der Waals surface area (Å²) in [6, 6.07) is 11.2. The van der Waals surface area contributed by atoms with Crippen molar-refractivity contribution >= 4 is 29.2 Å². The predicted octanol–water partition coefficient (Wildman–Crippen LogP) is 4.25. The van der Waals surface area contributed by atoms with Crippen LogP contribution in [0.4, 0.5) is 0 Å². The summed E-state index contributed by atoms with van der Waals surface area (Å²) in [5.41, 5.74) is 0. The number of benzene rings is 2. The monoisotopic (exact) mass is 408 g/mol. The topological polar surface area (TPSA) is 83.7 Å². The maximum atomic E-state index is 11.9. The lowest BCUT2D eigenvalue weighted by atomic mass is 10.3. The van der Waals surface area contributed by atoms with Crippen molar-refractivity contribution in [3.05, 3.63) is 64.2 Å². The molecule has 0 aliphatic carbocycles. The van der Waals surface area contributed by atoms with Gasteiger partial charge < -0.3 is 18.7 Å². The fourth-order valence-corrected chi connectivity index (χ4v) is 2.31. The zero-order valence-electron chi connectivity index (χ0n) is 14.1. The highest BCUT2D eigenvalue weighted by atomic mass is 35.5. The molecule has 0 spiro atoms. The summed E-state index contributed by atoms with van der Waals surface area (Å²) in [6.07, 6.45) is 0. The van der Waals surface area contributed by atoms with Crippen molar-refractivity contribution in [1.82, 2.24) is 10.1 Å². The molecular weight excluding hydrogens is 395 g/mol. The van der Waals surface area contributed by atoms with Crippen LogP contribution in [0.2, 0.25) is 10.0 Å². The lowest BCUT2D eigenvalue weighted by Gasteiger charge is -2.08. The molecule has 0 unspecified atom stereocenters. The summed E-state index contributed by atoms with van der Waals surface area (Å²) < 4.78 is 21.0. The summed E-state index contributed by atoms with van der Waals surface area (Å²) in [4.78, 5) is 15.9. The van der Waals surface area contributed by atoms with Gasteiger partial charge >= 0.3 is 5.97 Å². The fourth-order valence-electron chi connectivity index (χ4n) is 2.02. The SMILES string of the molecule is Cc1noc(COc2ccc(OC(=O)COc3ccc(Cl)c(Cl)c3)cc2)n1. The van der Waals surface area contributed by atoms with Crippen LogP contribution in [0, 0.1) is 6.92 Å². The zero-order valence-corrected chi connectivity index (χ0v) is 15.7. The number of rotatable bonds is 7. The highest BCUT2D eigenvalue weighted by Gasteiger charge is 2.08. The van der Waals surface area contributed by atoms with Crippen LogP contribution in [-0.2, 0) is 11.4 Å². The molecule has 0 N–H and O–H groups in total. The van der Waals surface area contributed by atoms with Gasteiger partial charge in [-0.05, 0) is 43.3 Å². The first-order valence-corrected chi connectivity index (χ1v) is 8.56. The molecule has 27 heavy (non-hydrogen) atoms. The summed E-state index contributed by atoms with van der Waals surface area (Å²) in [7, 11) is 0. The van der Waals surface area contributed by atoms with Gasteiger partial charge in [0.05, 0.1) is 10.0 Å². The Morgan fingerprint density at radius 2 is 1.70 bits per heavy atom. The molecule has 2 aromatic carbocycles. The Labute approximate surface area is 164 Å². The highest BCUT2D eigenvalue weighted by Crippen LogP contribution is 2.26. The number of carbonyl (C=O) groups is 1. The van der Waals surface area contributed by atoms with Gasteiger partial charge in [0.15, 0.2) is 19.0 Å². The molecule has 0 fully saturated rings. The minimum atomic E-state index is -0.559. The molecule has 1 aromatic heterocycles. The molecule has 7 nitrogen and oxygen atoms in total. The van der Waals surface area contributed by atoms with Crippen LogP contribution in [0.25, 0.3) is 0 Å². The molecule has 0 saturated heterocycles. The van der Waals surface area contributed by atoms with E-state index in [0.717, 1.165) is 0 Å². The summed E-state index contributed by atoms with van der Waals surface area (Å²) in [5.74, 6) is 1.70. The number of hydrogen-bond donors (Lipinski definition) is 0. The van der Waals surface area contributed by atoms with Gasteiger partial charge in [0.1, 0.15) is 17.2 Å². The first-order chi connectivity index (χ1) is 13.0. The zero-order chi connectivity index (χ0) is 19.2. The van der Waals surface area contributed by atoms with E-state index in [1.165, 1.54) is 6.07 Å². The molecule has 0 amide bonds. The Kier molecular flexibility index (Phi) is 6.16. The molecule has 0 atom stereocenters. The lowest BCUT2D eigenvalue weighted by Crippen LogP contribution is -2.17.